The van der Waals surface area contributed by atoms with Crippen molar-refractivity contribution in [3.8, 4) is 5.75 Å². The zero-order valence-corrected chi connectivity index (χ0v) is 18.9. The smallest absolute Gasteiger partial charge is 0.261 e. The fraction of sp³-hybridized carbons (Fsp3) is 0.391. The van der Waals surface area contributed by atoms with Crippen molar-refractivity contribution in [1.29, 1.82) is 0 Å². The summed E-state index contributed by atoms with van der Waals surface area (Å²) in [5.74, 6) is 0.243. The van der Waals surface area contributed by atoms with Crippen LogP contribution in [0, 0.1) is 6.92 Å². The summed E-state index contributed by atoms with van der Waals surface area (Å²) in [6.07, 6.45) is 1.91. The number of amides is 2. The average Bonchev–Trinajstić information content (AvgIpc) is 2.71. The molecule has 0 fully saturated rings. The van der Waals surface area contributed by atoms with Crippen molar-refractivity contribution >= 4 is 27.7 Å². The fourth-order valence-electron chi connectivity index (χ4n) is 2.81. The molecule has 0 saturated carbocycles. The maximum absolute atomic E-state index is 13.0. The molecule has 0 aliphatic rings. The molecule has 1 N–H and O–H groups in total. The second kappa shape index (κ2) is 11.6. The molecule has 0 saturated heterocycles. The van der Waals surface area contributed by atoms with Crippen molar-refractivity contribution in [2.75, 3.05) is 13.2 Å². The second-order valence-electron chi connectivity index (χ2n) is 7.07. The molecule has 6 heteroatoms. The molecule has 0 aliphatic heterocycles. The highest BCUT2D eigenvalue weighted by Gasteiger charge is 2.26. The molecule has 0 aromatic heterocycles. The summed E-state index contributed by atoms with van der Waals surface area (Å²) in [5, 5.41) is 2.91. The number of rotatable bonds is 10. The van der Waals surface area contributed by atoms with E-state index in [9.17, 15) is 9.59 Å². The third kappa shape index (κ3) is 7.54. The van der Waals surface area contributed by atoms with Crippen molar-refractivity contribution in [3.63, 3.8) is 0 Å². The Bertz CT molecular complexity index is 808. The van der Waals surface area contributed by atoms with E-state index in [1.807, 2.05) is 55.5 Å². The van der Waals surface area contributed by atoms with Crippen LogP contribution in [0.4, 0.5) is 0 Å². The molecule has 0 radical (unpaired) electrons. The van der Waals surface area contributed by atoms with Gasteiger partial charge in [-0.25, -0.2) is 0 Å². The lowest BCUT2D eigenvalue weighted by molar-refractivity contribution is -0.142. The Labute approximate surface area is 181 Å². The Morgan fingerprint density at radius 3 is 2.55 bits per heavy atom. The largest absolute Gasteiger partial charge is 0.484 e. The van der Waals surface area contributed by atoms with Crippen molar-refractivity contribution in [1.82, 2.24) is 10.2 Å². The van der Waals surface area contributed by atoms with E-state index in [0.29, 0.717) is 18.8 Å². The van der Waals surface area contributed by atoms with Gasteiger partial charge in [0.05, 0.1) is 0 Å². The summed E-state index contributed by atoms with van der Waals surface area (Å²) in [4.78, 5) is 27.1. The molecule has 2 aromatic rings. The molecule has 0 spiro atoms. The molecular formula is C23H29BrN2O3. The van der Waals surface area contributed by atoms with Gasteiger partial charge in [0.25, 0.3) is 5.91 Å². The van der Waals surface area contributed by atoms with Crippen LogP contribution in [0.3, 0.4) is 0 Å². The topological polar surface area (TPSA) is 58.6 Å². The van der Waals surface area contributed by atoms with E-state index in [1.165, 1.54) is 0 Å². The summed E-state index contributed by atoms with van der Waals surface area (Å²) in [5.41, 5.74) is 2.06. The lowest BCUT2D eigenvalue weighted by Crippen LogP contribution is -2.49. The van der Waals surface area contributed by atoms with E-state index in [2.05, 4.69) is 28.2 Å². The Kier molecular flexibility index (Phi) is 9.19. The predicted octanol–water partition coefficient (Wildman–Crippen LogP) is 4.47. The summed E-state index contributed by atoms with van der Waals surface area (Å²) >= 11 is 3.46. The van der Waals surface area contributed by atoms with Crippen molar-refractivity contribution < 1.29 is 14.3 Å². The van der Waals surface area contributed by atoms with E-state index < -0.39 is 6.04 Å². The summed E-state index contributed by atoms with van der Waals surface area (Å²) in [6.45, 7) is 6.64. The Morgan fingerprint density at radius 1 is 1.17 bits per heavy atom. The zero-order chi connectivity index (χ0) is 21.2. The summed E-state index contributed by atoms with van der Waals surface area (Å²) in [7, 11) is 0. The van der Waals surface area contributed by atoms with E-state index in [0.717, 1.165) is 28.4 Å². The van der Waals surface area contributed by atoms with E-state index in [4.69, 9.17) is 4.74 Å². The molecule has 1 atom stereocenters. The van der Waals surface area contributed by atoms with Crippen LogP contribution in [-0.4, -0.2) is 35.9 Å². The molecule has 29 heavy (non-hydrogen) atoms. The molecule has 2 amide bonds. The zero-order valence-electron chi connectivity index (χ0n) is 17.3. The summed E-state index contributed by atoms with van der Waals surface area (Å²) in [6, 6.07) is 14.7. The number of aryl methyl sites for hydroxylation is 1. The monoisotopic (exact) mass is 460 g/mol. The number of hydrogen-bond donors (Lipinski definition) is 1. The summed E-state index contributed by atoms with van der Waals surface area (Å²) < 4.78 is 6.59. The first kappa shape index (κ1) is 22.9. The van der Waals surface area contributed by atoms with Crippen LogP contribution in [0.15, 0.2) is 53.0 Å². The van der Waals surface area contributed by atoms with Crippen LogP contribution in [0.25, 0.3) is 0 Å². The van der Waals surface area contributed by atoms with Gasteiger partial charge < -0.3 is 15.0 Å². The Hall–Kier alpha value is -2.34. The standard InChI is InChI=1S/C23H29BrN2O3/c1-4-5-13-25-23(28)18(3)26(15-19-7-6-8-20(24)14-19)22(27)16-29-21-11-9-17(2)10-12-21/h6-12,14,18H,4-5,13,15-16H2,1-3H3,(H,25,28)/t18-/m1/s1. The number of unbranched alkanes of at least 4 members (excludes halogenated alkanes) is 1. The highest BCUT2D eigenvalue weighted by molar-refractivity contribution is 9.10. The SMILES string of the molecule is CCCCNC(=O)[C@@H](C)N(Cc1cccc(Br)c1)C(=O)COc1ccc(C)cc1. The molecule has 5 nitrogen and oxygen atoms in total. The number of benzene rings is 2. The van der Waals surface area contributed by atoms with Crippen molar-refractivity contribution in [2.45, 2.75) is 46.2 Å². The predicted molar refractivity (Wildman–Crippen MR) is 119 cm³/mol. The first-order valence-electron chi connectivity index (χ1n) is 9.91. The van der Waals surface area contributed by atoms with Gasteiger partial charge in [0.2, 0.25) is 5.91 Å². The molecule has 0 unspecified atom stereocenters. The van der Waals surface area contributed by atoms with Gasteiger partial charge >= 0.3 is 0 Å². The highest BCUT2D eigenvalue weighted by atomic mass is 79.9. The van der Waals surface area contributed by atoms with Crippen LogP contribution < -0.4 is 10.1 Å². The minimum Gasteiger partial charge on any atom is -0.484 e. The average molecular weight is 461 g/mol. The molecule has 0 aliphatic carbocycles. The fourth-order valence-corrected chi connectivity index (χ4v) is 3.26. The molecule has 2 aromatic carbocycles. The van der Waals surface area contributed by atoms with Gasteiger partial charge in [0.15, 0.2) is 6.61 Å². The van der Waals surface area contributed by atoms with Crippen LogP contribution >= 0.6 is 15.9 Å². The van der Waals surface area contributed by atoms with E-state index in [-0.39, 0.29) is 18.4 Å². The minimum absolute atomic E-state index is 0.121. The van der Waals surface area contributed by atoms with Gasteiger partial charge in [-0.1, -0.05) is 59.1 Å². The normalized spacial score (nSPS) is 11.6. The van der Waals surface area contributed by atoms with Gasteiger partial charge in [0, 0.05) is 17.6 Å². The third-order valence-corrected chi connectivity index (χ3v) is 5.12. The van der Waals surface area contributed by atoms with Gasteiger partial charge in [-0.2, -0.15) is 0 Å². The van der Waals surface area contributed by atoms with Crippen LogP contribution in [-0.2, 0) is 16.1 Å². The lowest BCUT2D eigenvalue weighted by Gasteiger charge is -2.29. The minimum atomic E-state index is -0.597. The highest BCUT2D eigenvalue weighted by Crippen LogP contribution is 2.16. The number of nitrogens with zero attached hydrogens (tertiary/aromatic N) is 1. The number of nitrogens with one attached hydrogen (secondary N) is 1. The maximum atomic E-state index is 13.0. The Morgan fingerprint density at radius 2 is 1.90 bits per heavy atom. The van der Waals surface area contributed by atoms with Crippen LogP contribution in [0.1, 0.15) is 37.8 Å². The quantitative estimate of drug-likeness (QED) is 0.532. The van der Waals surface area contributed by atoms with Gasteiger partial charge in [-0.3, -0.25) is 9.59 Å². The molecule has 0 bridgehead atoms. The van der Waals surface area contributed by atoms with E-state index in [1.54, 1.807) is 11.8 Å². The van der Waals surface area contributed by atoms with Crippen LogP contribution in [0.2, 0.25) is 0 Å². The maximum Gasteiger partial charge on any atom is 0.261 e. The van der Waals surface area contributed by atoms with Crippen molar-refractivity contribution in [2.24, 2.45) is 0 Å². The molecular weight excluding hydrogens is 432 g/mol. The number of ether oxygens (including phenoxy) is 1. The van der Waals surface area contributed by atoms with Gasteiger partial charge in [0.1, 0.15) is 11.8 Å². The molecule has 2 rings (SSSR count). The lowest BCUT2D eigenvalue weighted by atomic mass is 10.1. The van der Waals surface area contributed by atoms with Crippen LogP contribution in [0.5, 0.6) is 5.75 Å². The first-order chi connectivity index (χ1) is 13.9. The number of hydrogen-bond acceptors (Lipinski definition) is 3. The number of carbonyl (C=O) groups is 2. The van der Waals surface area contributed by atoms with E-state index >= 15 is 0 Å². The van der Waals surface area contributed by atoms with Crippen molar-refractivity contribution in [3.05, 3.63) is 64.1 Å². The number of carbonyl (C=O) groups excluding carboxylic acids is 2. The molecule has 156 valence electrons. The molecule has 0 heterocycles. The first-order valence-corrected chi connectivity index (χ1v) is 10.7. The van der Waals surface area contributed by atoms with Gasteiger partial charge in [-0.05, 0) is 50.1 Å². The van der Waals surface area contributed by atoms with Gasteiger partial charge in [-0.15, -0.1) is 0 Å². The third-order valence-electron chi connectivity index (χ3n) is 4.62. The Balaban J connectivity index is 2.10. The number of halogens is 1. The second-order valence-corrected chi connectivity index (χ2v) is 7.99.